The molecule has 254 valence electrons. The third-order valence-electron chi connectivity index (χ3n) is 5.45. The van der Waals surface area contributed by atoms with Gasteiger partial charge in [-0.2, -0.15) is 0 Å². The van der Waals surface area contributed by atoms with Gasteiger partial charge in [-0.15, -0.1) is 0 Å². The van der Waals surface area contributed by atoms with Crippen LogP contribution in [0.15, 0.2) is 152 Å². The fourth-order valence-electron chi connectivity index (χ4n) is 3.21. The van der Waals surface area contributed by atoms with Gasteiger partial charge >= 0.3 is 44.9 Å². The van der Waals surface area contributed by atoms with Crippen molar-refractivity contribution in [1.29, 1.82) is 0 Å². The maximum Gasteiger partial charge on any atom is 2.00 e. The largest absolute Gasteiger partial charge is 2.00 e. The molecule has 0 aliphatic rings. The molecule has 0 N–H and O–H groups in total. The minimum atomic E-state index is -1.13. The first-order valence-electron chi connectivity index (χ1n) is 14.5. The predicted octanol–water partition coefficient (Wildman–Crippen LogP) is 2.84. The zero-order valence-electron chi connectivity index (χ0n) is 28.4. The van der Waals surface area contributed by atoms with Crippen LogP contribution in [-0.2, 0) is 43.7 Å². The second-order valence-electron chi connectivity index (χ2n) is 10.5. The van der Waals surface area contributed by atoms with E-state index in [1.54, 1.807) is 84.9 Å². The van der Waals surface area contributed by atoms with Crippen molar-refractivity contribution in [1.82, 2.24) is 0 Å². The van der Waals surface area contributed by atoms with Crippen LogP contribution in [0.1, 0.15) is 72.6 Å². The average Bonchev–Trinajstić information content (AvgIpc) is 3.10. The molecule has 0 aliphatic carbocycles. The zero-order valence-corrected chi connectivity index (χ0v) is 34.4. The summed E-state index contributed by atoms with van der Waals surface area (Å²) in [5.41, 5.74) is 1.05. The third-order valence-corrected chi connectivity index (χ3v) is 5.45. The molecule has 0 atom stereocenters. The number of aromatic carboxylic acids is 4. The summed E-state index contributed by atoms with van der Waals surface area (Å²) in [5.74, 6) is -4.79. The second kappa shape index (κ2) is 26.5. The van der Waals surface area contributed by atoms with Gasteiger partial charge in [0.2, 0.25) is 0 Å². The Hall–Kier alpha value is -5.30. The van der Waals surface area contributed by atoms with E-state index in [-0.39, 0.29) is 67.2 Å². The fourth-order valence-corrected chi connectivity index (χ4v) is 3.21. The van der Waals surface area contributed by atoms with Gasteiger partial charge in [0.25, 0.3) is 0 Å². The number of carboxylic acids is 4. The third kappa shape index (κ3) is 22.9. The normalized spacial score (nSPS) is 9.08. The van der Waals surface area contributed by atoms with Crippen LogP contribution in [0, 0.1) is 0 Å². The number of carbonyl (C=O) groups is 5. The van der Waals surface area contributed by atoms with E-state index in [9.17, 15) is 44.4 Å². The van der Waals surface area contributed by atoms with Crippen molar-refractivity contribution in [2.45, 2.75) is 26.4 Å². The molecule has 0 radical (unpaired) electrons. The fraction of sp³-hybridized carbons (Fsp3) is 0.103. The van der Waals surface area contributed by atoms with Gasteiger partial charge in [0.15, 0.2) is 0 Å². The maximum absolute atomic E-state index is 11.4. The number of esters is 1. The van der Waals surface area contributed by atoms with Gasteiger partial charge < -0.3 is 44.3 Å². The van der Waals surface area contributed by atoms with Crippen molar-refractivity contribution in [3.8, 4) is 0 Å². The van der Waals surface area contributed by atoms with Crippen LogP contribution in [0.2, 0.25) is 0 Å². The van der Waals surface area contributed by atoms with Crippen LogP contribution >= 0.6 is 0 Å². The Bertz CT molecular complexity index is 1520. The van der Waals surface area contributed by atoms with E-state index in [2.05, 4.69) is 0 Å². The van der Waals surface area contributed by atoms with E-state index >= 15 is 0 Å². The summed E-state index contributed by atoms with van der Waals surface area (Å²) in [6.45, 7) is 5.56. The Morgan fingerprint density at radius 1 is 0.373 bits per heavy atom. The molecule has 0 bridgehead atoms. The molecule has 0 saturated heterocycles. The minimum Gasteiger partial charge on any atom is -0.545 e. The summed E-state index contributed by atoms with van der Waals surface area (Å²) < 4.78 is 5.18. The Kier molecular flexibility index (Phi) is 24.9. The number of carboxylic acid groups (broad SMARTS) is 4. The van der Waals surface area contributed by atoms with E-state index in [0.29, 0.717) is 5.56 Å². The quantitative estimate of drug-likeness (QED) is 0.189. The smallest absolute Gasteiger partial charge is 0.545 e. The molecule has 0 heterocycles. The number of ether oxygens (including phenoxy) is 1. The Morgan fingerprint density at radius 3 is 0.686 bits per heavy atom. The monoisotopic (exact) mass is 790 g/mol. The number of hydrogen-bond acceptors (Lipinski definition) is 10. The van der Waals surface area contributed by atoms with Crippen LogP contribution in [0.4, 0.5) is 0 Å². The number of carbonyl (C=O) groups excluding carboxylic acids is 5. The van der Waals surface area contributed by atoms with Crippen molar-refractivity contribution >= 4 is 29.8 Å². The molecule has 0 fully saturated rings. The Morgan fingerprint density at radius 2 is 0.549 bits per heavy atom. The van der Waals surface area contributed by atoms with Crippen LogP contribution in [0.5, 0.6) is 0 Å². The maximum atomic E-state index is 11.4. The summed E-state index contributed by atoms with van der Waals surface area (Å²) in [7, 11) is 0. The molecule has 0 aliphatic heterocycles. The number of benzene rings is 5. The molecule has 5 aromatic carbocycles. The van der Waals surface area contributed by atoms with Crippen LogP contribution in [-0.4, -0.2) is 35.4 Å². The molecule has 0 spiro atoms. The van der Waals surface area contributed by atoms with Gasteiger partial charge in [-0.05, 0) is 55.2 Å². The molecule has 5 rings (SSSR count). The van der Waals surface area contributed by atoms with E-state index in [1.807, 2.05) is 39.0 Å². The van der Waals surface area contributed by atoms with E-state index in [1.165, 1.54) is 48.5 Å². The SMILES string of the molecule is CC(C)(C)OC(=O)c1ccccc1.O=C([O-])c1ccccc1.O=C([O-])c1ccccc1.O=C([O-])c1ccccc1.O=C([O-])c1ccccc1.[Zn+2].[Zn+2]. The van der Waals surface area contributed by atoms with Crippen molar-refractivity contribution in [3.05, 3.63) is 179 Å². The van der Waals surface area contributed by atoms with Gasteiger partial charge in [-0.3, -0.25) is 0 Å². The molecular formula is C39H34O10Zn2. The van der Waals surface area contributed by atoms with Gasteiger partial charge in [0, 0.05) is 0 Å². The molecule has 0 unspecified atom stereocenters. The van der Waals surface area contributed by atoms with Gasteiger partial charge in [-0.1, -0.05) is 140 Å². The summed E-state index contributed by atoms with van der Waals surface area (Å²) >= 11 is 0. The molecule has 10 nitrogen and oxygen atoms in total. The van der Waals surface area contributed by atoms with Crippen LogP contribution < -0.4 is 20.4 Å². The van der Waals surface area contributed by atoms with Gasteiger partial charge in [0.1, 0.15) is 5.60 Å². The van der Waals surface area contributed by atoms with Gasteiger partial charge in [0.05, 0.1) is 29.4 Å². The minimum absolute atomic E-state index is 0. The van der Waals surface area contributed by atoms with E-state index < -0.39 is 29.5 Å². The first-order valence-corrected chi connectivity index (χ1v) is 14.5. The predicted molar refractivity (Wildman–Crippen MR) is 175 cm³/mol. The average molecular weight is 793 g/mol. The molecular weight excluding hydrogens is 759 g/mol. The summed E-state index contributed by atoms with van der Waals surface area (Å²) in [5, 5.41) is 40.4. The number of rotatable bonds is 5. The first-order chi connectivity index (χ1) is 23.2. The second-order valence-corrected chi connectivity index (χ2v) is 10.5. The summed E-state index contributed by atoms with van der Waals surface area (Å²) in [4.78, 5) is 51.8. The zero-order chi connectivity index (χ0) is 36.7. The van der Waals surface area contributed by atoms with Crippen molar-refractivity contribution in [3.63, 3.8) is 0 Å². The van der Waals surface area contributed by atoms with E-state index in [4.69, 9.17) is 4.74 Å². The van der Waals surface area contributed by atoms with Crippen LogP contribution in [0.3, 0.4) is 0 Å². The molecule has 0 saturated carbocycles. The Balaban J connectivity index is 0. The van der Waals surface area contributed by atoms with Crippen molar-refractivity contribution in [2.24, 2.45) is 0 Å². The van der Waals surface area contributed by atoms with Crippen LogP contribution in [0.25, 0.3) is 0 Å². The number of hydrogen-bond donors (Lipinski definition) is 0. The molecule has 5 aromatic rings. The first kappa shape index (κ1) is 47.8. The molecule has 0 aromatic heterocycles. The topological polar surface area (TPSA) is 187 Å². The van der Waals surface area contributed by atoms with Gasteiger partial charge in [-0.25, -0.2) is 4.79 Å². The summed E-state index contributed by atoms with van der Waals surface area (Å²) in [6, 6.07) is 41.2. The van der Waals surface area contributed by atoms with Crippen molar-refractivity contribution < 1.29 is 88.1 Å². The van der Waals surface area contributed by atoms with Crippen molar-refractivity contribution in [2.75, 3.05) is 0 Å². The molecule has 12 heteroatoms. The Labute approximate surface area is 322 Å². The molecule has 51 heavy (non-hydrogen) atoms. The summed E-state index contributed by atoms with van der Waals surface area (Å²) in [6.07, 6.45) is 0. The standard InChI is InChI=1S/C11H14O2.4C7H6O2.2Zn/c1-11(2,3)13-10(12)9-7-5-4-6-8-9;4*8-7(9)6-4-2-1-3-5-6;;/h4-8H,1-3H3;4*1-5H,(H,8,9);;/q;;;;;2*+2/p-4. The van der Waals surface area contributed by atoms with E-state index in [0.717, 1.165) is 0 Å². The molecule has 0 amide bonds.